The molecule has 4 nitrogen and oxygen atoms in total. The van der Waals surface area contributed by atoms with Gasteiger partial charge in [0.05, 0.1) is 0 Å². The Morgan fingerprint density at radius 2 is 1.62 bits per heavy atom. The molecule has 0 aliphatic rings. The molecule has 0 saturated heterocycles. The molecular weight excluding hydrogens is 324 g/mol. The molecule has 0 aliphatic heterocycles. The molecular formula is C22H28N2O2. The van der Waals surface area contributed by atoms with Crippen LogP contribution in [0.1, 0.15) is 55.1 Å². The Bertz CT molecular complexity index is 731. The van der Waals surface area contributed by atoms with Crippen molar-refractivity contribution in [1.29, 1.82) is 0 Å². The number of carbonyl (C=O) groups excluding carboxylic acids is 2. The summed E-state index contributed by atoms with van der Waals surface area (Å²) >= 11 is 0. The molecule has 2 rings (SSSR count). The van der Waals surface area contributed by atoms with Crippen LogP contribution in [0.15, 0.2) is 54.6 Å². The van der Waals surface area contributed by atoms with E-state index >= 15 is 0 Å². The van der Waals surface area contributed by atoms with Gasteiger partial charge in [0.25, 0.3) is 5.91 Å². The van der Waals surface area contributed by atoms with Gasteiger partial charge in [-0.1, -0.05) is 63.2 Å². The van der Waals surface area contributed by atoms with Crippen LogP contribution in [0, 0.1) is 0 Å². The Labute approximate surface area is 155 Å². The highest BCUT2D eigenvalue weighted by Gasteiger charge is 2.19. The van der Waals surface area contributed by atoms with E-state index in [1.54, 1.807) is 12.1 Å². The van der Waals surface area contributed by atoms with Crippen LogP contribution >= 0.6 is 0 Å². The number of nitrogens with one attached hydrogen (secondary N) is 1. The van der Waals surface area contributed by atoms with E-state index < -0.39 is 11.9 Å². The van der Waals surface area contributed by atoms with Crippen LogP contribution in [0.3, 0.4) is 0 Å². The molecule has 0 bridgehead atoms. The van der Waals surface area contributed by atoms with Crippen LogP contribution in [-0.2, 0) is 16.6 Å². The van der Waals surface area contributed by atoms with Crippen molar-refractivity contribution in [2.24, 2.45) is 5.73 Å². The van der Waals surface area contributed by atoms with E-state index in [2.05, 4.69) is 38.2 Å². The first-order valence-corrected chi connectivity index (χ1v) is 9.02. The first-order valence-electron chi connectivity index (χ1n) is 9.02. The lowest BCUT2D eigenvalue weighted by Gasteiger charge is -2.19. The van der Waals surface area contributed by atoms with E-state index in [1.165, 1.54) is 5.56 Å². The van der Waals surface area contributed by atoms with Gasteiger partial charge in [-0.2, -0.15) is 0 Å². The summed E-state index contributed by atoms with van der Waals surface area (Å²) in [4.78, 5) is 24.1. The molecule has 0 aromatic heterocycles. The highest BCUT2D eigenvalue weighted by Crippen LogP contribution is 2.22. The zero-order chi connectivity index (χ0) is 19.2. The Balaban J connectivity index is 1.94. The van der Waals surface area contributed by atoms with Crippen LogP contribution in [0.5, 0.6) is 0 Å². The molecule has 2 aromatic carbocycles. The van der Waals surface area contributed by atoms with Crippen LogP contribution < -0.4 is 11.1 Å². The van der Waals surface area contributed by atoms with Gasteiger partial charge in [0.2, 0.25) is 5.91 Å². The maximum Gasteiger partial charge on any atom is 0.251 e. The molecule has 4 heteroatoms. The van der Waals surface area contributed by atoms with Gasteiger partial charge in [0, 0.05) is 5.56 Å². The second-order valence-corrected chi connectivity index (χ2v) is 7.63. The van der Waals surface area contributed by atoms with Crippen LogP contribution in [0.25, 0.3) is 0 Å². The average Bonchev–Trinajstić information content (AvgIpc) is 2.61. The standard InChI is InChI=1S/C22H28N2O2/c1-22(2,3)18-14-12-17(13-15-18)21(26)24-19(20(23)25)11-7-10-16-8-5-4-6-9-16/h4-6,8-9,12-15,19H,7,10-11H2,1-3H3,(H2,23,25)(H,24,26)/t19-/m0/s1. The van der Waals surface area contributed by atoms with Crippen molar-refractivity contribution in [2.45, 2.75) is 51.5 Å². The van der Waals surface area contributed by atoms with Crippen molar-refractivity contribution >= 4 is 11.8 Å². The lowest BCUT2D eigenvalue weighted by molar-refractivity contribution is -0.120. The second kappa shape index (κ2) is 8.65. The average molecular weight is 352 g/mol. The molecule has 3 N–H and O–H groups in total. The van der Waals surface area contributed by atoms with Gasteiger partial charge in [-0.25, -0.2) is 0 Å². The fourth-order valence-electron chi connectivity index (χ4n) is 2.80. The lowest BCUT2D eigenvalue weighted by Crippen LogP contribution is -2.44. The van der Waals surface area contributed by atoms with Gasteiger partial charge in [0.15, 0.2) is 0 Å². The third-order valence-corrected chi connectivity index (χ3v) is 4.46. The van der Waals surface area contributed by atoms with E-state index in [0.717, 1.165) is 18.4 Å². The monoisotopic (exact) mass is 352 g/mol. The fourth-order valence-corrected chi connectivity index (χ4v) is 2.80. The molecule has 2 amide bonds. The molecule has 0 saturated carbocycles. The summed E-state index contributed by atoms with van der Waals surface area (Å²) in [6, 6.07) is 16.9. The van der Waals surface area contributed by atoms with Crippen LogP contribution in [0.2, 0.25) is 0 Å². The van der Waals surface area contributed by atoms with Crippen molar-refractivity contribution in [3.8, 4) is 0 Å². The Hall–Kier alpha value is -2.62. The molecule has 0 spiro atoms. The molecule has 0 heterocycles. The molecule has 2 aromatic rings. The Morgan fingerprint density at radius 3 is 2.15 bits per heavy atom. The van der Waals surface area contributed by atoms with Crippen molar-refractivity contribution in [1.82, 2.24) is 5.32 Å². The first kappa shape index (κ1) is 19.7. The van der Waals surface area contributed by atoms with E-state index in [0.29, 0.717) is 12.0 Å². The fraction of sp³-hybridized carbons (Fsp3) is 0.364. The van der Waals surface area contributed by atoms with E-state index in [-0.39, 0.29) is 11.3 Å². The third-order valence-electron chi connectivity index (χ3n) is 4.46. The molecule has 0 unspecified atom stereocenters. The minimum Gasteiger partial charge on any atom is -0.368 e. The van der Waals surface area contributed by atoms with Gasteiger partial charge >= 0.3 is 0 Å². The Morgan fingerprint density at radius 1 is 1.00 bits per heavy atom. The van der Waals surface area contributed by atoms with Crippen LogP contribution in [0.4, 0.5) is 0 Å². The minimum absolute atomic E-state index is 0.0300. The highest BCUT2D eigenvalue weighted by molar-refractivity contribution is 5.97. The van der Waals surface area contributed by atoms with Gasteiger partial charge in [-0.3, -0.25) is 9.59 Å². The maximum atomic E-state index is 12.4. The molecule has 0 radical (unpaired) electrons. The summed E-state index contributed by atoms with van der Waals surface area (Å²) in [6.45, 7) is 6.37. The smallest absolute Gasteiger partial charge is 0.251 e. The van der Waals surface area contributed by atoms with Gasteiger partial charge in [-0.05, 0) is 47.9 Å². The van der Waals surface area contributed by atoms with E-state index in [4.69, 9.17) is 5.73 Å². The number of carbonyl (C=O) groups is 2. The zero-order valence-electron chi connectivity index (χ0n) is 15.8. The number of amides is 2. The van der Waals surface area contributed by atoms with Gasteiger partial charge in [0.1, 0.15) is 6.04 Å². The third kappa shape index (κ3) is 5.73. The summed E-state index contributed by atoms with van der Waals surface area (Å²) in [7, 11) is 0. The predicted octanol–water partition coefficient (Wildman–Crippen LogP) is 3.59. The molecule has 0 fully saturated rings. The minimum atomic E-state index is -0.659. The largest absolute Gasteiger partial charge is 0.368 e. The Kier molecular flexibility index (Phi) is 6.56. The molecule has 138 valence electrons. The quantitative estimate of drug-likeness (QED) is 0.799. The molecule has 0 aliphatic carbocycles. The summed E-state index contributed by atoms with van der Waals surface area (Å²) in [5, 5.41) is 2.76. The predicted molar refractivity (Wildman–Crippen MR) is 105 cm³/mol. The van der Waals surface area contributed by atoms with Crippen LogP contribution in [-0.4, -0.2) is 17.9 Å². The maximum absolute atomic E-state index is 12.4. The lowest BCUT2D eigenvalue weighted by atomic mass is 9.86. The number of benzene rings is 2. The SMILES string of the molecule is CC(C)(C)c1ccc(C(=O)N[C@@H](CCCc2ccccc2)C(N)=O)cc1. The second-order valence-electron chi connectivity index (χ2n) is 7.63. The van der Waals surface area contributed by atoms with Gasteiger partial charge < -0.3 is 11.1 Å². The highest BCUT2D eigenvalue weighted by atomic mass is 16.2. The molecule has 26 heavy (non-hydrogen) atoms. The summed E-state index contributed by atoms with van der Waals surface area (Å²) in [5.74, 6) is -0.772. The number of hydrogen-bond acceptors (Lipinski definition) is 2. The normalized spacial score (nSPS) is 12.4. The van der Waals surface area contributed by atoms with Crippen molar-refractivity contribution in [2.75, 3.05) is 0 Å². The van der Waals surface area contributed by atoms with Crippen molar-refractivity contribution in [3.05, 3.63) is 71.3 Å². The first-order chi connectivity index (χ1) is 12.3. The summed E-state index contributed by atoms with van der Waals surface area (Å²) in [6.07, 6.45) is 2.15. The number of hydrogen-bond donors (Lipinski definition) is 2. The van der Waals surface area contributed by atoms with Crippen molar-refractivity contribution in [3.63, 3.8) is 0 Å². The number of aryl methyl sites for hydroxylation is 1. The van der Waals surface area contributed by atoms with E-state index in [9.17, 15) is 9.59 Å². The topological polar surface area (TPSA) is 72.2 Å². The number of nitrogens with two attached hydrogens (primary N) is 1. The number of rotatable bonds is 7. The van der Waals surface area contributed by atoms with Crippen molar-refractivity contribution < 1.29 is 9.59 Å². The zero-order valence-corrected chi connectivity index (χ0v) is 15.8. The number of primary amides is 1. The van der Waals surface area contributed by atoms with Gasteiger partial charge in [-0.15, -0.1) is 0 Å². The molecule has 1 atom stereocenters. The summed E-state index contributed by atoms with van der Waals surface area (Å²) in [5.41, 5.74) is 8.40. The summed E-state index contributed by atoms with van der Waals surface area (Å²) < 4.78 is 0. The van der Waals surface area contributed by atoms with E-state index in [1.807, 2.05) is 30.3 Å².